The molecule has 1 heterocycles. The van der Waals surface area contributed by atoms with E-state index >= 15 is 0 Å². The Bertz CT molecular complexity index is 563. The molecule has 0 saturated carbocycles. The summed E-state index contributed by atoms with van der Waals surface area (Å²) < 4.78 is 25.2. The summed E-state index contributed by atoms with van der Waals surface area (Å²) in [5.74, 6) is 1.20. The third kappa shape index (κ3) is 2.96. The average Bonchev–Trinajstić information content (AvgIpc) is 2.77. The summed E-state index contributed by atoms with van der Waals surface area (Å²) in [4.78, 5) is 0. The van der Waals surface area contributed by atoms with Gasteiger partial charge in [-0.25, -0.2) is 4.39 Å². The first-order valence-corrected chi connectivity index (χ1v) is 6.22. The van der Waals surface area contributed by atoms with Crippen LogP contribution >= 0.6 is 0 Å². The van der Waals surface area contributed by atoms with E-state index in [1.165, 1.54) is 0 Å². The molecule has 2 N–H and O–H groups in total. The fourth-order valence-corrected chi connectivity index (χ4v) is 1.88. The highest BCUT2D eigenvalue weighted by atomic mass is 19.1. The largest absolute Gasteiger partial charge is 0.478 e. The number of hydrogen-bond donors (Lipinski definition) is 1. The molecule has 0 aliphatic carbocycles. The van der Waals surface area contributed by atoms with Gasteiger partial charge in [0.2, 0.25) is 0 Å². The third-order valence-electron chi connectivity index (χ3n) is 2.93. The van der Waals surface area contributed by atoms with Gasteiger partial charge in [-0.2, -0.15) is 0 Å². The molecule has 1 aromatic heterocycles. The van der Waals surface area contributed by atoms with Crippen molar-refractivity contribution in [2.45, 2.75) is 32.9 Å². The second kappa shape index (κ2) is 5.45. The van der Waals surface area contributed by atoms with E-state index in [9.17, 15) is 4.39 Å². The Kier molecular flexibility index (Phi) is 3.90. The second-order valence-corrected chi connectivity index (χ2v) is 4.73. The molecule has 0 saturated heterocycles. The van der Waals surface area contributed by atoms with Crippen LogP contribution in [0, 0.1) is 19.7 Å². The summed E-state index contributed by atoms with van der Waals surface area (Å²) in [7, 11) is 0. The molecule has 2 aromatic rings. The van der Waals surface area contributed by atoms with Gasteiger partial charge in [0, 0.05) is 6.04 Å². The van der Waals surface area contributed by atoms with Crippen molar-refractivity contribution >= 4 is 0 Å². The van der Waals surface area contributed by atoms with E-state index in [2.05, 4.69) is 0 Å². The van der Waals surface area contributed by atoms with Crippen LogP contribution in [0.1, 0.15) is 30.1 Å². The van der Waals surface area contributed by atoms with Gasteiger partial charge in [-0.3, -0.25) is 0 Å². The molecular weight excluding hydrogens is 245 g/mol. The smallest absolute Gasteiger partial charge is 0.171 e. The van der Waals surface area contributed by atoms with Crippen molar-refractivity contribution < 1.29 is 13.5 Å². The summed E-state index contributed by atoms with van der Waals surface area (Å²) in [6.07, 6.45) is -0.509. The first-order valence-electron chi connectivity index (χ1n) is 6.22. The van der Waals surface area contributed by atoms with Gasteiger partial charge in [0.25, 0.3) is 0 Å². The maximum Gasteiger partial charge on any atom is 0.171 e. The molecule has 3 nitrogen and oxygen atoms in total. The SMILES string of the molecule is Cc1ccc(C(Oc2cccc(C)c2F)C(C)N)o1. The van der Waals surface area contributed by atoms with Crippen molar-refractivity contribution in [3.05, 3.63) is 53.2 Å². The second-order valence-electron chi connectivity index (χ2n) is 4.73. The van der Waals surface area contributed by atoms with E-state index in [0.717, 1.165) is 5.76 Å². The fraction of sp³-hybridized carbons (Fsp3) is 0.333. The lowest BCUT2D eigenvalue weighted by molar-refractivity contribution is 0.145. The number of furan rings is 1. The van der Waals surface area contributed by atoms with Gasteiger partial charge in [-0.1, -0.05) is 12.1 Å². The Hall–Kier alpha value is -1.81. The maximum atomic E-state index is 13.9. The van der Waals surface area contributed by atoms with Gasteiger partial charge in [-0.15, -0.1) is 0 Å². The molecular formula is C15H18FNO2. The van der Waals surface area contributed by atoms with Crippen LogP contribution in [0.25, 0.3) is 0 Å². The van der Waals surface area contributed by atoms with Crippen LogP contribution in [-0.2, 0) is 0 Å². The van der Waals surface area contributed by atoms with E-state index in [4.69, 9.17) is 14.9 Å². The van der Waals surface area contributed by atoms with Crippen molar-refractivity contribution in [2.75, 3.05) is 0 Å². The van der Waals surface area contributed by atoms with Gasteiger partial charge in [0.05, 0.1) is 0 Å². The van der Waals surface area contributed by atoms with Crippen molar-refractivity contribution in [1.29, 1.82) is 0 Å². The number of halogens is 1. The zero-order valence-electron chi connectivity index (χ0n) is 11.3. The highest BCUT2D eigenvalue weighted by Gasteiger charge is 2.23. The number of rotatable bonds is 4. The number of ether oxygens (including phenoxy) is 1. The van der Waals surface area contributed by atoms with Crippen LogP contribution in [0.3, 0.4) is 0 Å². The summed E-state index contributed by atoms with van der Waals surface area (Å²) >= 11 is 0. The Balaban J connectivity index is 2.29. The molecule has 0 fully saturated rings. The molecule has 2 atom stereocenters. The topological polar surface area (TPSA) is 48.4 Å². The summed E-state index contributed by atoms with van der Waals surface area (Å²) in [5.41, 5.74) is 6.44. The Morgan fingerprint density at radius 2 is 1.95 bits per heavy atom. The molecule has 1 aromatic carbocycles. The van der Waals surface area contributed by atoms with E-state index in [1.54, 1.807) is 38.1 Å². The predicted octanol–water partition coefficient (Wildman–Crippen LogP) is 3.50. The lowest BCUT2D eigenvalue weighted by Crippen LogP contribution is -2.29. The fourth-order valence-electron chi connectivity index (χ4n) is 1.88. The zero-order valence-corrected chi connectivity index (χ0v) is 11.3. The maximum absolute atomic E-state index is 13.9. The Morgan fingerprint density at radius 3 is 2.53 bits per heavy atom. The molecule has 0 radical (unpaired) electrons. The zero-order chi connectivity index (χ0) is 14.0. The van der Waals surface area contributed by atoms with Crippen LogP contribution < -0.4 is 10.5 Å². The lowest BCUT2D eigenvalue weighted by atomic mass is 10.1. The minimum Gasteiger partial charge on any atom is -0.478 e. The summed E-state index contributed by atoms with van der Waals surface area (Å²) in [6, 6.07) is 8.36. The van der Waals surface area contributed by atoms with Crippen LogP contribution in [0.4, 0.5) is 4.39 Å². The quantitative estimate of drug-likeness (QED) is 0.918. The van der Waals surface area contributed by atoms with Crippen molar-refractivity contribution in [3.63, 3.8) is 0 Å². The molecule has 19 heavy (non-hydrogen) atoms. The van der Waals surface area contributed by atoms with E-state index in [-0.39, 0.29) is 17.6 Å². The molecule has 0 spiro atoms. The van der Waals surface area contributed by atoms with Crippen molar-refractivity contribution in [2.24, 2.45) is 5.73 Å². The number of nitrogens with two attached hydrogens (primary N) is 1. The van der Waals surface area contributed by atoms with Crippen molar-refractivity contribution in [1.82, 2.24) is 0 Å². The first kappa shape index (κ1) is 13.6. The minimum atomic E-state index is -0.509. The first-order chi connectivity index (χ1) is 8.99. The number of aryl methyl sites for hydroxylation is 2. The third-order valence-corrected chi connectivity index (χ3v) is 2.93. The lowest BCUT2D eigenvalue weighted by Gasteiger charge is -2.21. The summed E-state index contributed by atoms with van der Waals surface area (Å²) in [5, 5.41) is 0. The molecule has 0 amide bonds. The molecule has 2 unspecified atom stereocenters. The van der Waals surface area contributed by atoms with E-state index < -0.39 is 6.10 Å². The van der Waals surface area contributed by atoms with E-state index in [0.29, 0.717) is 11.3 Å². The molecule has 0 bridgehead atoms. The number of benzene rings is 1. The molecule has 0 aliphatic heterocycles. The molecule has 2 rings (SSSR count). The normalized spacial score (nSPS) is 14.2. The van der Waals surface area contributed by atoms with Gasteiger partial charge in [0.1, 0.15) is 11.5 Å². The highest BCUT2D eigenvalue weighted by molar-refractivity contribution is 5.31. The van der Waals surface area contributed by atoms with Gasteiger partial charge in [-0.05, 0) is 44.5 Å². The van der Waals surface area contributed by atoms with Crippen LogP contribution in [0.5, 0.6) is 5.75 Å². The van der Waals surface area contributed by atoms with Crippen LogP contribution in [0.2, 0.25) is 0 Å². The van der Waals surface area contributed by atoms with Crippen LogP contribution in [0.15, 0.2) is 34.7 Å². The predicted molar refractivity (Wildman–Crippen MR) is 71.6 cm³/mol. The number of hydrogen-bond acceptors (Lipinski definition) is 3. The monoisotopic (exact) mass is 263 g/mol. The summed E-state index contributed by atoms with van der Waals surface area (Å²) in [6.45, 7) is 5.34. The molecule has 0 aliphatic rings. The van der Waals surface area contributed by atoms with Gasteiger partial charge >= 0.3 is 0 Å². The van der Waals surface area contributed by atoms with Crippen LogP contribution in [-0.4, -0.2) is 6.04 Å². The van der Waals surface area contributed by atoms with Gasteiger partial charge in [0.15, 0.2) is 17.7 Å². The standard InChI is InChI=1S/C15H18FNO2/c1-9-5-4-6-12(14(9)16)19-15(11(3)17)13-8-7-10(2)18-13/h4-8,11,15H,17H2,1-3H3. The Morgan fingerprint density at radius 1 is 1.21 bits per heavy atom. The van der Waals surface area contributed by atoms with Crippen molar-refractivity contribution in [3.8, 4) is 5.75 Å². The van der Waals surface area contributed by atoms with Gasteiger partial charge < -0.3 is 14.9 Å². The molecule has 102 valence electrons. The highest BCUT2D eigenvalue weighted by Crippen LogP contribution is 2.28. The average molecular weight is 263 g/mol. The molecule has 4 heteroatoms. The Labute approximate surface area is 112 Å². The van der Waals surface area contributed by atoms with E-state index in [1.807, 2.05) is 13.0 Å². The minimum absolute atomic E-state index is 0.191.